The zero-order chi connectivity index (χ0) is 14.0. The minimum absolute atomic E-state index is 0.404. The third-order valence-electron chi connectivity index (χ3n) is 3.35. The zero-order valence-electron chi connectivity index (χ0n) is 12.2. The molecule has 0 amide bonds. The Labute approximate surface area is 117 Å². The van der Waals surface area contributed by atoms with Crippen molar-refractivity contribution in [1.82, 2.24) is 0 Å². The summed E-state index contributed by atoms with van der Waals surface area (Å²) in [6, 6.07) is 0. The summed E-state index contributed by atoms with van der Waals surface area (Å²) in [5.41, 5.74) is 0.918. The minimum Gasteiger partial charge on any atom is -0.276 e. The summed E-state index contributed by atoms with van der Waals surface area (Å²) < 4.78 is 0. The van der Waals surface area contributed by atoms with Crippen LogP contribution in [0.3, 0.4) is 0 Å². The molecule has 0 aromatic heterocycles. The van der Waals surface area contributed by atoms with Gasteiger partial charge in [-0.3, -0.25) is 4.79 Å². The van der Waals surface area contributed by atoms with E-state index in [1.165, 1.54) is 31.8 Å². The molecule has 104 valence electrons. The van der Waals surface area contributed by atoms with Crippen molar-refractivity contribution < 1.29 is 4.79 Å². The van der Waals surface area contributed by atoms with Gasteiger partial charge in [-0.15, -0.1) is 0 Å². The lowest BCUT2D eigenvalue weighted by Gasteiger charge is -2.11. The zero-order valence-corrected chi connectivity index (χ0v) is 13.0. The fourth-order valence-electron chi connectivity index (χ4n) is 1.85. The van der Waals surface area contributed by atoms with E-state index in [-0.39, 0.29) is 0 Å². The van der Waals surface area contributed by atoms with Gasteiger partial charge in [-0.1, -0.05) is 58.6 Å². The van der Waals surface area contributed by atoms with Crippen LogP contribution in [0.15, 0.2) is 23.8 Å². The average molecular weight is 271 g/mol. The Balaban J connectivity index is 3.79. The largest absolute Gasteiger partial charge is 0.276 e. The van der Waals surface area contributed by atoms with Gasteiger partial charge in [-0.05, 0) is 42.4 Å². The molecule has 1 nitrogen and oxygen atoms in total. The molecule has 0 bridgehead atoms. The van der Waals surface area contributed by atoms with E-state index < -0.39 is 5.24 Å². The second kappa shape index (κ2) is 10.4. The summed E-state index contributed by atoms with van der Waals surface area (Å²) >= 11 is 5.28. The van der Waals surface area contributed by atoms with Crippen LogP contribution < -0.4 is 0 Å². The molecule has 2 unspecified atom stereocenters. The first kappa shape index (κ1) is 17.4. The summed E-state index contributed by atoms with van der Waals surface area (Å²) in [5.74, 6) is 1.57. The number of carbonyl (C=O) groups excluding carboxylic acids is 1. The predicted octanol–water partition coefficient (Wildman–Crippen LogP) is 5.50. The Bertz CT molecular complexity index is 291. The van der Waals surface area contributed by atoms with Gasteiger partial charge in [0.2, 0.25) is 5.24 Å². The van der Waals surface area contributed by atoms with Crippen LogP contribution >= 0.6 is 11.6 Å². The van der Waals surface area contributed by atoms with Crippen molar-refractivity contribution in [3.05, 3.63) is 23.8 Å². The van der Waals surface area contributed by atoms with Crippen molar-refractivity contribution in [2.24, 2.45) is 11.8 Å². The van der Waals surface area contributed by atoms with Gasteiger partial charge in [-0.2, -0.15) is 0 Å². The summed E-state index contributed by atoms with van der Waals surface area (Å²) in [5, 5.41) is -0.404. The van der Waals surface area contributed by atoms with Gasteiger partial charge in [0.25, 0.3) is 0 Å². The molecule has 0 heterocycles. The highest BCUT2D eigenvalue weighted by Gasteiger charge is 2.02. The highest BCUT2D eigenvalue weighted by Crippen LogP contribution is 2.17. The first-order chi connectivity index (χ1) is 8.45. The Morgan fingerprint density at radius 3 is 2.39 bits per heavy atom. The van der Waals surface area contributed by atoms with Crippen molar-refractivity contribution in [1.29, 1.82) is 0 Å². The summed E-state index contributed by atoms with van der Waals surface area (Å²) in [4.78, 5) is 10.6. The first-order valence-corrected chi connectivity index (χ1v) is 7.37. The number of carbonyl (C=O) groups is 1. The number of rotatable bonds is 9. The topological polar surface area (TPSA) is 17.1 Å². The lowest BCUT2D eigenvalue weighted by molar-refractivity contribution is -0.107. The third kappa shape index (κ3) is 10.6. The van der Waals surface area contributed by atoms with Gasteiger partial charge in [0, 0.05) is 6.08 Å². The Morgan fingerprint density at radius 1 is 1.22 bits per heavy atom. The number of hydrogen-bond donors (Lipinski definition) is 0. The third-order valence-corrected chi connectivity index (χ3v) is 3.46. The number of allylic oxidation sites excluding steroid dienone is 4. The molecule has 2 atom stereocenters. The van der Waals surface area contributed by atoms with Gasteiger partial charge in [0.05, 0.1) is 0 Å². The van der Waals surface area contributed by atoms with E-state index in [9.17, 15) is 4.79 Å². The smallest absolute Gasteiger partial charge is 0.245 e. The molecule has 0 rings (SSSR count). The highest BCUT2D eigenvalue weighted by atomic mass is 35.5. The molecule has 0 aromatic carbocycles. The van der Waals surface area contributed by atoms with Gasteiger partial charge in [0.15, 0.2) is 0 Å². The maximum absolute atomic E-state index is 10.6. The van der Waals surface area contributed by atoms with Crippen LogP contribution in [0.5, 0.6) is 0 Å². The highest BCUT2D eigenvalue weighted by molar-refractivity contribution is 6.66. The van der Waals surface area contributed by atoms with Crippen LogP contribution in [0, 0.1) is 11.8 Å². The summed E-state index contributed by atoms with van der Waals surface area (Å²) in [6.07, 6.45) is 11.9. The monoisotopic (exact) mass is 270 g/mol. The molecular formula is C16H27ClO. The minimum atomic E-state index is -0.404. The van der Waals surface area contributed by atoms with Crippen molar-refractivity contribution >= 4 is 16.8 Å². The molecule has 0 N–H and O–H groups in total. The van der Waals surface area contributed by atoms with E-state index in [0.29, 0.717) is 5.92 Å². The first-order valence-electron chi connectivity index (χ1n) is 7.00. The van der Waals surface area contributed by atoms with Crippen molar-refractivity contribution in [2.75, 3.05) is 0 Å². The Kier molecular flexibility index (Phi) is 10.0. The van der Waals surface area contributed by atoms with Crippen LogP contribution in [0.2, 0.25) is 0 Å². The second-order valence-corrected chi connectivity index (χ2v) is 5.75. The molecule has 18 heavy (non-hydrogen) atoms. The quantitative estimate of drug-likeness (QED) is 0.307. The van der Waals surface area contributed by atoms with Crippen LogP contribution in [0.25, 0.3) is 0 Å². The molecular weight excluding hydrogens is 244 g/mol. The van der Waals surface area contributed by atoms with E-state index in [1.807, 2.05) is 13.0 Å². The van der Waals surface area contributed by atoms with E-state index in [1.54, 1.807) is 0 Å². The van der Waals surface area contributed by atoms with Crippen molar-refractivity contribution in [2.45, 2.75) is 59.8 Å². The summed E-state index contributed by atoms with van der Waals surface area (Å²) in [7, 11) is 0. The van der Waals surface area contributed by atoms with E-state index in [0.717, 1.165) is 17.9 Å². The molecule has 0 aliphatic carbocycles. The van der Waals surface area contributed by atoms with E-state index in [2.05, 4.69) is 26.8 Å². The standard InChI is InChI=1S/C16H27ClO/c1-5-13(2)8-6-9-14(3)10-7-11-15(4)12-16(17)18/h7,11-14H,5-6,8-10H2,1-4H3. The van der Waals surface area contributed by atoms with Gasteiger partial charge < -0.3 is 0 Å². The molecule has 0 spiro atoms. The normalized spacial score (nSPS) is 15.9. The number of hydrogen-bond acceptors (Lipinski definition) is 1. The van der Waals surface area contributed by atoms with E-state index >= 15 is 0 Å². The van der Waals surface area contributed by atoms with Crippen LogP contribution in [0.4, 0.5) is 0 Å². The lowest BCUT2D eigenvalue weighted by Crippen LogP contribution is -1.97. The lowest BCUT2D eigenvalue weighted by atomic mass is 9.95. The molecule has 0 radical (unpaired) electrons. The Morgan fingerprint density at radius 2 is 1.83 bits per heavy atom. The van der Waals surface area contributed by atoms with Crippen LogP contribution in [-0.4, -0.2) is 5.24 Å². The molecule has 0 aromatic rings. The maximum atomic E-state index is 10.6. The number of halogens is 1. The SMILES string of the molecule is CCC(C)CCCC(C)CC=CC(C)=CC(=O)Cl. The predicted molar refractivity (Wildman–Crippen MR) is 80.8 cm³/mol. The van der Waals surface area contributed by atoms with Gasteiger partial charge >= 0.3 is 0 Å². The average Bonchev–Trinajstić information content (AvgIpc) is 2.27. The van der Waals surface area contributed by atoms with Crippen molar-refractivity contribution in [3.8, 4) is 0 Å². The fraction of sp³-hybridized carbons (Fsp3) is 0.688. The molecule has 0 saturated heterocycles. The fourth-order valence-corrected chi connectivity index (χ4v) is 2.02. The van der Waals surface area contributed by atoms with Crippen molar-refractivity contribution in [3.63, 3.8) is 0 Å². The molecule has 2 heteroatoms. The Hall–Kier alpha value is -0.560. The maximum Gasteiger partial charge on any atom is 0.245 e. The molecule has 0 fully saturated rings. The molecule has 0 saturated carbocycles. The molecule has 0 aliphatic heterocycles. The summed E-state index contributed by atoms with van der Waals surface area (Å²) in [6.45, 7) is 8.75. The molecule has 0 aliphatic rings. The van der Waals surface area contributed by atoms with Gasteiger partial charge in [-0.25, -0.2) is 0 Å². The second-order valence-electron chi connectivity index (χ2n) is 5.38. The van der Waals surface area contributed by atoms with Crippen LogP contribution in [-0.2, 0) is 4.79 Å². The van der Waals surface area contributed by atoms with E-state index in [4.69, 9.17) is 11.6 Å². The van der Waals surface area contributed by atoms with Crippen LogP contribution in [0.1, 0.15) is 59.8 Å². The van der Waals surface area contributed by atoms with Gasteiger partial charge in [0.1, 0.15) is 0 Å².